The number of rotatable bonds is 3. The van der Waals surface area contributed by atoms with Crippen molar-refractivity contribution >= 4 is 28.1 Å². The van der Waals surface area contributed by atoms with Gasteiger partial charge in [-0.15, -0.1) is 11.3 Å². The summed E-state index contributed by atoms with van der Waals surface area (Å²) in [7, 11) is 0. The van der Waals surface area contributed by atoms with E-state index in [9.17, 15) is 4.79 Å². The molecule has 1 aliphatic heterocycles. The van der Waals surface area contributed by atoms with Gasteiger partial charge in [-0.3, -0.25) is 14.8 Å². The number of thiazole rings is 1. The van der Waals surface area contributed by atoms with E-state index in [1.165, 1.54) is 22.3 Å². The Bertz CT molecular complexity index is 841. The Morgan fingerprint density at radius 3 is 3.08 bits per heavy atom. The molecule has 3 heterocycles. The van der Waals surface area contributed by atoms with E-state index >= 15 is 0 Å². The van der Waals surface area contributed by atoms with Crippen LogP contribution in [0.3, 0.4) is 0 Å². The largest absolute Gasteiger partial charge is 0.338 e. The second-order valence-electron chi connectivity index (χ2n) is 6.32. The molecule has 3 aromatic rings. The first-order chi connectivity index (χ1) is 11.8. The zero-order valence-electron chi connectivity index (χ0n) is 13.4. The molecule has 0 saturated carbocycles. The second kappa shape index (κ2) is 6.69. The number of pyridine rings is 1. The molecule has 1 atom stereocenters. The van der Waals surface area contributed by atoms with E-state index < -0.39 is 0 Å². The minimum Gasteiger partial charge on any atom is -0.338 e. The lowest BCUT2D eigenvalue weighted by molar-refractivity contribution is 0.0678. The number of fused-ring (bicyclic) bond motifs is 1. The van der Waals surface area contributed by atoms with Crippen molar-refractivity contribution in [3.8, 4) is 0 Å². The summed E-state index contributed by atoms with van der Waals surface area (Å²) >= 11 is 1.42. The summed E-state index contributed by atoms with van der Waals surface area (Å²) in [6.07, 6.45) is 6.72. The van der Waals surface area contributed by atoms with Crippen molar-refractivity contribution in [2.45, 2.75) is 19.3 Å². The Morgan fingerprint density at radius 1 is 1.29 bits per heavy atom. The van der Waals surface area contributed by atoms with E-state index in [-0.39, 0.29) is 5.91 Å². The summed E-state index contributed by atoms with van der Waals surface area (Å²) < 4.78 is 0. The van der Waals surface area contributed by atoms with E-state index in [1.54, 1.807) is 11.7 Å². The summed E-state index contributed by atoms with van der Waals surface area (Å²) in [5, 5.41) is 1.18. The lowest BCUT2D eigenvalue weighted by Gasteiger charge is -2.32. The van der Waals surface area contributed by atoms with Gasteiger partial charge < -0.3 is 4.90 Å². The van der Waals surface area contributed by atoms with Crippen LogP contribution in [-0.4, -0.2) is 33.9 Å². The van der Waals surface area contributed by atoms with E-state index in [4.69, 9.17) is 0 Å². The van der Waals surface area contributed by atoms with Gasteiger partial charge in [-0.1, -0.05) is 24.3 Å². The molecule has 24 heavy (non-hydrogen) atoms. The summed E-state index contributed by atoms with van der Waals surface area (Å²) in [6, 6.07) is 10.4. The molecule has 0 spiro atoms. The lowest BCUT2D eigenvalue weighted by atomic mass is 9.90. The Hall–Kier alpha value is -2.27. The highest BCUT2D eigenvalue weighted by Crippen LogP contribution is 2.25. The fraction of sp³-hybridized carbons (Fsp3) is 0.316. The van der Waals surface area contributed by atoms with Gasteiger partial charge in [0, 0.05) is 24.7 Å². The van der Waals surface area contributed by atoms with E-state index in [0.717, 1.165) is 42.7 Å². The van der Waals surface area contributed by atoms with Gasteiger partial charge in [0.15, 0.2) is 0 Å². The third-order valence-corrected chi connectivity index (χ3v) is 5.44. The number of benzene rings is 1. The highest BCUT2D eigenvalue weighted by Gasteiger charge is 2.25. The van der Waals surface area contributed by atoms with Crippen LogP contribution in [0.4, 0.5) is 0 Å². The molecule has 0 radical (unpaired) electrons. The first kappa shape index (κ1) is 15.3. The van der Waals surface area contributed by atoms with Crippen LogP contribution in [0.15, 0.2) is 48.2 Å². The zero-order chi connectivity index (χ0) is 16.4. The molecule has 0 unspecified atom stereocenters. The number of hydrogen-bond donors (Lipinski definition) is 0. The molecule has 122 valence electrons. The number of para-hydroxylation sites is 1. The molecule has 5 heteroatoms. The van der Waals surface area contributed by atoms with Gasteiger partial charge in [-0.2, -0.15) is 0 Å². The quantitative estimate of drug-likeness (QED) is 0.730. The number of nitrogens with zero attached hydrogens (tertiary/aromatic N) is 3. The van der Waals surface area contributed by atoms with E-state index in [0.29, 0.717) is 5.92 Å². The van der Waals surface area contributed by atoms with Crippen molar-refractivity contribution in [2.24, 2.45) is 5.92 Å². The van der Waals surface area contributed by atoms with Crippen LogP contribution in [0.1, 0.15) is 28.1 Å². The van der Waals surface area contributed by atoms with Gasteiger partial charge in [-0.25, -0.2) is 0 Å². The Labute approximate surface area is 145 Å². The number of likely N-dealkylation sites (tertiary alicyclic amines) is 1. The standard InChI is InChI=1S/C19H19N3OS/c23-19(17-11-20-13-24-17)22-9-3-4-14(12-22)10-16-6-1-5-15-7-2-8-21-18(15)16/h1-2,5-8,11,13-14H,3-4,9-10,12H2/t14-/m0/s1. The van der Waals surface area contributed by atoms with Crippen LogP contribution in [0, 0.1) is 5.92 Å². The molecule has 4 nitrogen and oxygen atoms in total. The summed E-state index contributed by atoms with van der Waals surface area (Å²) in [4.78, 5) is 23.9. The highest BCUT2D eigenvalue weighted by molar-refractivity contribution is 7.11. The van der Waals surface area contributed by atoms with Crippen molar-refractivity contribution < 1.29 is 4.79 Å². The van der Waals surface area contributed by atoms with Gasteiger partial charge in [0.2, 0.25) is 0 Å². The predicted molar refractivity (Wildman–Crippen MR) is 96.2 cm³/mol. The van der Waals surface area contributed by atoms with Crippen molar-refractivity contribution in [3.63, 3.8) is 0 Å². The van der Waals surface area contributed by atoms with Crippen LogP contribution in [0.5, 0.6) is 0 Å². The molecule has 1 aromatic carbocycles. The molecule has 1 amide bonds. The van der Waals surface area contributed by atoms with Crippen molar-refractivity contribution in [1.82, 2.24) is 14.9 Å². The zero-order valence-corrected chi connectivity index (χ0v) is 14.2. The average Bonchev–Trinajstić information content (AvgIpc) is 3.16. The fourth-order valence-electron chi connectivity index (χ4n) is 3.54. The van der Waals surface area contributed by atoms with Crippen LogP contribution in [0.2, 0.25) is 0 Å². The SMILES string of the molecule is O=C(c1cncs1)N1CCC[C@@H](Cc2cccc3cccnc23)C1. The van der Waals surface area contributed by atoms with Gasteiger partial charge in [0.05, 0.1) is 17.2 Å². The monoisotopic (exact) mass is 337 g/mol. The van der Waals surface area contributed by atoms with Gasteiger partial charge >= 0.3 is 0 Å². The van der Waals surface area contributed by atoms with Crippen LogP contribution < -0.4 is 0 Å². The summed E-state index contributed by atoms with van der Waals surface area (Å²) in [5.74, 6) is 0.612. The number of amides is 1. The molecule has 1 saturated heterocycles. The predicted octanol–water partition coefficient (Wildman–Crippen LogP) is 3.79. The van der Waals surface area contributed by atoms with Crippen molar-refractivity contribution in [1.29, 1.82) is 0 Å². The topological polar surface area (TPSA) is 46.1 Å². The normalized spacial score (nSPS) is 18.0. The van der Waals surface area contributed by atoms with Crippen LogP contribution in [0.25, 0.3) is 10.9 Å². The number of piperidine rings is 1. The Balaban J connectivity index is 1.51. The number of carbonyl (C=O) groups excluding carboxylic acids is 1. The molecule has 4 rings (SSSR count). The van der Waals surface area contributed by atoms with Gasteiger partial charge in [-0.05, 0) is 36.8 Å². The van der Waals surface area contributed by atoms with Crippen LogP contribution in [-0.2, 0) is 6.42 Å². The van der Waals surface area contributed by atoms with Crippen molar-refractivity contribution in [3.05, 3.63) is 58.7 Å². The van der Waals surface area contributed by atoms with E-state index in [2.05, 4.69) is 34.2 Å². The maximum absolute atomic E-state index is 12.6. The Morgan fingerprint density at radius 2 is 2.21 bits per heavy atom. The molecule has 1 fully saturated rings. The maximum atomic E-state index is 12.6. The van der Waals surface area contributed by atoms with Gasteiger partial charge in [0.25, 0.3) is 5.91 Å². The molecule has 0 bridgehead atoms. The number of carbonyl (C=O) groups is 1. The minimum absolute atomic E-state index is 0.123. The van der Waals surface area contributed by atoms with Gasteiger partial charge in [0.1, 0.15) is 4.88 Å². The van der Waals surface area contributed by atoms with Crippen LogP contribution >= 0.6 is 11.3 Å². The molecule has 1 aliphatic rings. The van der Waals surface area contributed by atoms with E-state index in [1.807, 2.05) is 17.2 Å². The minimum atomic E-state index is 0.123. The maximum Gasteiger partial charge on any atom is 0.265 e. The highest BCUT2D eigenvalue weighted by atomic mass is 32.1. The summed E-state index contributed by atoms with van der Waals surface area (Å²) in [6.45, 7) is 1.67. The number of aromatic nitrogens is 2. The average molecular weight is 337 g/mol. The summed E-state index contributed by atoms with van der Waals surface area (Å²) in [5.41, 5.74) is 4.09. The lowest BCUT2D eigenvalue weighted by Crippen LogP contribution is -2.40. The number of hydrogen-bond acceptors (Lipinski definition) is 4. The fourth-order valence-corrected chi connectivity index (χ4v) is 4.12. The molecule has 2 aromatic heterocycles. The first-order valence-corrected chi connectivity index (χ1v) is 9.19. The first-order valence-electron chi connectivity index (χ1n) is 8.31. The third kappa shape index (κ3) is 3.04. The third-order valence-electron chi connectivity index (χ3n) is 4.67. The molecule has 0 N–H and O–H groups in total. The molecular weight excluding hydrogens is 318 g/mol. The molecule has 0 aliphatic carbocycles. The second-order valence-corrected chi connectivity index (χ2v) is 7.21. The van der Waals surface area contributed by atoms with Crippen molar-refractivity contribution in [2.75, 3.05) is 13.1 Å². The molecular formula is C19H19N3OS. The smallest absolute Gasteiger partial charge is 0.265 e. The Kier molecular flexibility index (Phi) is 4.26.